The van der Waals surface area contributed by atoms with Crippen LogP contribution >= 0.6 is 11.8 Å². The molecule has 1 N–H and O–H groups in total. The highest BCUT2D eigenvalue weighted by molar-refractivity contribution is 7.98. The van der Waals surface area contributed by atoms with Gasteiger partial charge in [-0.1, -0.05) is 24.3 Å². The number of hydrogen-bond acceptors (Lipinski definition) is 4. The van der Waals surface area contributed by atoms with Gasteiger partial charge in [0.15, 0.2) is 0 Å². The molecule has 0 aliphatic heterocycles. The molecule has 0 fully saturated rings. The minimum atomic E-state index is -0.150. The maximum atomic E-state index is 12.9. The van der Waals surface area contributed by atoms with Crippen molar-refractivity contribution in [3.8, 4) is 5.69 Å². The second-order valence-corrected chi connectivity index (χ2v) is 7.97. The molecule has 0 aliphatic carbocycles. The van der Waals surface area contributed by atoms with E-state index in [2.05, 4.69) is 21.5 Å². The van der Waals surface area contributed by atoms with Gasteiger partial charge < -0.3 is 5.32 Å². The summed E-state index contributed by atoms with van der Waals surface area (Å²) in [6.07, 6.45) is 3.65. The number of carbonyl (C=O) groups excluding carboxylic acids is 1. The second-order valence-electron chi connectivity index (χ2n) is 6.92. The molecule has 2 aromatic carbocycles. The van der Waals surface area contributed by atoms with Crippen molar-refractivity contribution in [2.24, 2.45) is 0 Å². The molecule has 1 amide bonds. The van der Waals surface area contributed by atoms with Crippen molar-refractivity contribution in [3.63, 3.8) is 0 Å². The van der Waals surface area contributed by atoms with E-state index >= 15 is 0 Å². The molecule has 2 aromatic heterocycles. The summed E-state index contributed by atoms with van der Waals surface area (Å²) in [4.78, 5) is 18.2. The fourth-order valence-corrected chi connectivity index (χ4v) is 4.10. The average Bonchev–Trinajstić information content (AvgIpc) is 3.08. The Hall–Kier alpha value is -3.38. The second kappa shape index (κ2) is 8.97. The molecule has 30 heavy (non-hydrogen) atoms. The zero-order valence-corrected chi connectivity index (χ0v) is 17.7. The van der Waals surface area contributed by atoms with Gasteiger partial charge in [0, 0.05) is 28.7 Å². The van der Waals surface area contributed by atoms with Gasteiger partial charge in [-0.3, -0.25) is 9.78 Å². The van der Waals surface area contributed by atoms with Crippen molar-refractivity contribution in [2.75, 3.05) is 5.32 Å². The van der Waals surface area contributed by atoms with E-state index in [0.29, 0.717) is 11.3 Å². The number of aromatic nitrogens is 3. The van der Waals surface area contributed by atoms with Crippen LogP contribution in [0.15, 0.2) is 84.0 Å². The highest BCUT2D eigenvalue weighted by atomic mass is 32.2. The van der Waals surface area contributed by atoms with Crippen LogP contribution in [-0.2, 0) is 5.75 Å². The SMILES string of the molecule is Cc1nn(-c2ccccc2)c(C)c1C(=O)Nc1ccc(SCc2cccnc2)cc1. The molecule has 2 heterocycles. The van der Waals surface area contributed by atoms with Gasteiger partial charge in [0.05, 0.1) is 22.6 Å². The summed E-state index contributed by atoms with van der Waals surface area (Å²) < 4.78 is 1.81. The highest BCUT2D eigenvalue weighted by Gasteiger charge is 2.19. The van der Waals surface area contributed by atoms with Gasteiger partial charge in [-0.2, -0.15) is 5.10 Å². The Balaban J connectivity index is 1.45. The Labute approximate surface area is 180 Å². The zero-order valence-electron chi connectivity index (χ0n) is 16.9. The predicted octanol–water partition coefficient (Wildman–Crippen LogP) is 5.43. The first-order valence-electron chi connectivity index (χ1n) is 9.66. The van der Waals surface area contributed by atoms with E-state index in [1.807, 2.05) is 85.4 Å². The summed E-state index contributed by atoms with van der Waals surface area (Å²) >= 11 is 1.74. The van der Waals surface area contributed by atoms with Crippen LogP contribution in [0.2, 0.25) is 0 Å². The summed E-state index contributed by atoms with van der Waals surface area (Å²) in [6, 6.07) is 21.7. The smallest absolute Gasteiger partial charge is 0.259 e. The molecular formula is C24H22N4OS. The fourth-order valence-electron chi connectivity index (χ4n) is 3.27. The van der Waals surface area contributed by atoms with Crippen molar-refractivity contribution < 1.29 is 4.79 Å². The summed E-state index contributed by atoms with van der Waals surface area (Å²) in [5.41, 5.74) is 5.01. The molecule has 4 aromatic rings. The monoisotopic (exact) mass is 414 g/mol. The van der Waals surface area contributed by atoms with Gasteiger partial charge in [0.25, 0.3) is 5.91 Å². The zero-order chi connectivity index (χ0) is 20.9. The van der Waals surface area contributed by atoms with E-state index in [1.165, 1.54) is 5.56 Å². The molecule has 0 unspecified atom stereocenters. The van der Waals surface area contributed by atoms with E-state index in [1.54, 1.807) is 18.0 Å². The first-order chi connectivity index (χ1) is 14.6. The van der Waals surface area contributed by atoms with E-state index in [0.717, 1.165) is 27.7 Å². The number of nitrogens with one attached hydrogen (secondary N) is 1. The van der Waals surface area contributed by atoms with Crippen LogP contribution in [0.1, 0.15) is 27.3 Å². The minimum absolute atomic E-state index is 0.150. The first-order valence-corrected chi connectivity index (χ1v) is 10.6. The molecule has 0 radical (unpaired) electrons. The molecule has 0 spiro atoms. The Morgan fingerprint density at radius 3 is 2.47 bits per heavy atom. The summed E-state index contributed by atoms with van der Waals surface area (Å²) in [5.74, 6) is 0.708. The lowest BCUT2D eigenvalue weighted by atomic mass is 10.1. The maximum Gasteiger partial charge on any atom is 0.259 e. The lowest BCUT2D eigenvalue weighted by Crippen LogP contribution is -2.14. The standard InChI is InChI=1S/C24H22N4OS/c1-17-23(18(2)28(27-17)21-8-4-3-5-9-21)24(29)26-20-10-12-22(13-11-20)30-16-19-7-6-14-25-15-19/h3-15H,16H2,1-2H3,(H,26,29). The third-order valence-electron chi connectivity index (χ3n) is 4.76. The first kappa shape index (κ1) is 19.9. The number of aryl methyl sites for hydroxylation is 1. The predicted molar refractivity (Wildman–Crippen MR) is 121 cm³/mol. The van der Waals surface area contributed by atoms with Gasteiger partial charge in [-0.25, -0.2) is 4.68 Å². The molecule has 4 rings (SSSR count). The van der Waals surface area contributed by atoms with Crippen molar-refractivity contribution in [1.82, 2.24) is 14.8 Å². The van der Waals surface area contributed by atoms with Crippen LogP contribution in [0.3, 0.4) is 0 Å². The minimum Gasteiger partial charge on any atom is -0.322 e. The van der Waals surface area contributed by atoms with Crippen LogP contribution in [0.25, 0.3) is 5.69 Å². The largest absolute Gasteiger partial charge is 0.322 e. The molecule has 0 saturated heterocycles. The number of hydrogen-bond donors (Lipinski definition) is 1. The van der Waals surface area contributed by atoms with E-state index in [-0.39, 0.29) is 5.91 Å². The van der Waals surface area contributed by atoms with Crippen molar-refractivity contribution in [1.29, 1.82) is 0 Å². The highest BCUT2D eigenvalue weighted by Crippen LogP contribution is 2.25. The lowest BCUT2D eigenvalue weighted by Gasteiger charge is -2.08. The molecular weight excluding hydrogens is 392 g/mol. The summed E-state index contributed by atoms with van der Waals surface area (Å²) in [6.45, 7) is 3.78. The van der Waals surface area contributed by atoms with Crippen LogP contribution in [0.5, 0.6) is 0 Å². The van der Waals surface area contributed by atoms with Crippen LogP contribution in [-0.4, -0.2) is 20.7 Å². The van der Waals surface area contributed by atoms with Crippen LogP contribution < -0.4 is 5.32 Å². The Morgan fingerprint density at radius 1 is 1.00 bits per heavy atom. The van der Waals surface area contributed by atoms with Crippen molar-refractivity contribution in [3.05, 3.63) is 102 Å². The molecule has 0 aliphatic rings. The Morgan fingerprint density at radius 2 is 1.77 bits per heavy atom. The quantitative estimate of drug-likeness (QED) is 0.428. The number of benzene rings is 2. The maximum absolute atomic E-state index is 12.9. The number of amides is 1. The Kier molecular flexibility index (Phi) is 5.95. The number of pyridine rings is 1. The van der Waals surface area contributed by atoms with E-state index in [4.69, 9.17) is 0 Å². The van der Waals surface area contributed by atoms with Gasteiger partial charge >= 0.3 is 0 Å². The topological polar surface area (TPSA) is 59.8 Å². The number of rotatable bonds is 6. The lowest BCUT2D eigenvalue weighted by molar-refractivity contribution is 0.102. The normalized spacial score (nSPS) is 10.7. The molecule has 150 valence electrons. The molecule has 6 heteroatoms. The third-order valence-corrected chi connectivity index (χ3v) is 5.84. The number of para-hydroxylation sites is 1. The van der Waals surface area contributed by atoms with Crippen LogP contribution in [0, 0.1) is 13.8 Å². The number of thioether (sulfide) groups is 1. The summed E-state index contributed by atoms with van der Waals surface area (Å²) in [7, 11) is 0. The Bertz CT molecular complexity index is 1140. The van der Waals surface area contributed by atoms with Gasteiger partial charge in [-0.05, 0) is 61.9 Å². The van der Waals surface area contributed by atoms with Crippen molar-refractivity contribution in [2.45, 2.75) is 24.5 Å². The number of anilines is 1. The van der Waals surface area contributed by atoms with Gasteiger partial charge in [0.2, 0.25) is 0 Å². The van der Waals surface area contributed by atoms with Crippen molar-refractivity contribution >= 4 is 23.4 Å². The summed E-state index contributed by atoms with van der Waals surface area (Å²) in [5, 5.41) is 7.55. The van der Waals surface area contributed by atoms with Gasteiger partial charge in [0.1, 0.15) is 0 Å². The molecule has 0 atom stereocenters. The fraction of sp³-hybridized carbons (Fsp3) is 0.125. The molecule has 5 nitrogen and oxygen atoms in total. The van der Waals surface area contributed by atoms with E-state index in [9.17, 15) is 4.79 Å². The number of nitrogens with zero attached hydrogens (tertiary/aromatic N) is 3. The van der Waals surface area contributed by atoms with E-state index < -0.39 is 0 Å². The molecule has 0 bridgehead atoms. The number of carbonyl (C=O) groups is 1. The van der Waals surface area contributed by atoms with Crippen LogP contribution in [0.4, 0.5) is 5.69 Å². The molecule has 0 saturated carbocycles. The third kappa shape index (κ3) is 4.44. The average molecular weight is 415 g/mol. The van der Waals surface area contributed by atoms with Gasteiger partial charge in [-0.15, -0.1) is 11.8 Å².